The molecule has 0 aliphatic carbocycles. The van der Waals surface area contributed by atoms with Crippen LogP contribution in [0.3, 0.4) is 0 Å². The molecule has 1 heterocycles. The van der Waals surface area contributed by atoms with E-state index in [-0.39, 0.29) is 24.4 Å². The van der Waals surface area contributed by atoms with Crippen molar-refractivity contribution in [1.82, 2.24) is 9.62 Å². The zero-order valence-corrected chi connectivity index (χ0v) is 12.0. The number of methoxy groups -OCH3 is 1. The predicted octanol–water partition coefficient (Wildman–Crippen LogP) is -0.191. The highest BCUT2D eigenvalue weighted by Crippen LogP contribution is 2.18. The summed E-state index contributed by atoms with van der Waals surface area (Å²) in [6, 6.07) is -0.0592. The topological polar surface area (TPSA) is 75.7 Å². The maximum atomic E-state index is 12.0. The van der Waals surface area contributed by atoms with Gasteiger partial charge in [0.2, 0.25) is 15.9 Å². The van der Waals surface area contributed by atoms with Gasteiger partial charge >= 0.3 is 0 Å². The molecule has 1 amide bonds. The van der Waals surface area contributed by atoms with Crippen molar-refractivity contribution in [2.45, 2.75) is 25.8 Å². The summed E-state index contributed by atoms with van der Waals surface area (Å²) in [5, 5.41) is 2.84. The molecule has 1 saturated heterocycles. The van der Waals surface area contributed by atoms with E-state index >= 15 is 0 Å². The number of nitrogens with one attached hydrogen (secondary N) is 1. The first kappa shape index (κ1) is 15.4. The molecule has 0 spiro atoms. The van der Waals surface area contributed by atoms with Crippen LogP contribution >= 0.6 is 0 Å². The molecule has 7 heteroatoms. The van der Waals surface area contributed by atoms with Crippen molar-refractivity contribution in [3.63, 3.8) is 0 Å². The number of hydrogen-bond donors (Lipinski definition) is 1. The first-order valence-electron chi connectivity index (χ1n) is 6.09. The third-order valence-corrected chi connectivity index (χ3v) is 4.30. The molecule has 0 aromatic rings. The van der Waals surface area contributed by atoms with Crippen LogP contribution < -0.4 is 5.32 Å². The van der Waals surface area contributed by atoms with E-state index in [0.717, 1.165) is 12.8 Å². The third-order valence-electron chi connectivity index (χ3n) is 3.03. The number of sulfonamides is 1. The van der Waals surface area contributed by atoms with E-state index < -0.39 is 10.0 Å². The molecule has 0 aromatic carbocycles. The summed E-state index contributed by atoms with van der Waals surface area (Å²) in [7, 11) is -1.62. The van der Waals surface area contributed by atoms with Crippen LogP contribution in [0.15, 0.2) is 0 Å². The second-order valence-electron chi connectivity index (χ2n) is 4.83. The van der Waals surface area contributed by atoms with E-state index in [1.54, 1.807) is 7.11 Å². The number of amides is 1. The second-order valence-corrected chi connectivity index (χ2v) is 6.81. The van der Waals surface area contributed by atoms with Gasteiger partial charge in [-0.05, 0) is 19.8 Å². The molecule has 1 aliphatic heterocycles. The fourth-order valence-electron chi connectivity index (χ4n) is 2.11. The monoisotopic (exact) mass is 278 g/mol. The van der Waals surface area contributed by atoms with E-state index in [9.17, 15) is 13.2 Å². The Morgan fingerprint density at radius 1 is 1.56 bits per heavy atom. The number of carbonyl (C=O) groups excluding carboxylic acids is 1. The number of ether oxygens (including phenoxy) is 1. The van der Waals surface area contributed by atoms with Crippen LogP contribution in [0, 0.1) is 5.92 Å². The molecule has 0 bridgehead atoms. The zero-order chi connectivity index (χ0) is 13.8. The lowest BCUT2D eigenvalue weighted by molar-refractivity contribution is -0.127. The minimum Gasteiger partial charge on any atom is -0.383 e. The molecule has 0 radical (unpaired) electrons. The molecule has 1 N–H and O–H groups in total. The lowest BCUT2D eigenvalue weighted by Crippen LogP contribution is -2.47. The van der Waals surface area contributed by atoms with E-state index in [2.05, 4.69) is 5.32 Å². The van der Waals surface area contributed by atoms with Crippen molar-refractivity contribution >= 4 is 15.9 Å². The van der Waals surface area contributed by atoms with Gasteiger partial charge in [-0.2, -0.15) is 0 Å². The highest BCUT2D eigenvalue weighted by Gasteiger charge is 2.30. The van der Waals surface area contributed by atoms with Gasteiger partial charge in [-0.15, -0.1) is 0 Å². The van der Waals surface area contributed by atoms with Crippen LogP contribution in [-0.2, 0) is 19.6 Å². The Kier molecular flexibility index (Phi) is 5.55. The molecule has 1 fully saturated rings. The Hall–Kier alpha value is -0.660. The van der Waals surface area contributed by atoms with Crippen molar-refractivity contribution in [2.75, 3.05) is 33.1 Å². The van der Waals surface area contributed by atoms with E-state index in [0.29, 0.717) is 13.2 Å². The van der Waals surface area contributed by atoms with Crippen LogP contribution in [0.1, 0.15) is 19.8 Å². The van der Waals surface area contributed by atoms with Gasteiger partial charge in [0, 0.05) is 26.2 Å². The summed E-state index contributed by atoms with van der Waals surface area (Å²) in [6.07, 6.45) is 2.64. The fourth-order valence-corrected chi connectivity index (χ4v) is 3.02. The van der Waals surface area contributed by atoms with Crippen LogP contribution in [0.5, 0.6) is 0 Å². The van der Waals surface area contributed by atoms with Crippen LogP contribution in [-0.4, -0.2) is 57.7 Å². The van der Waals surface area contributed by atoms with E-state index in [1.165, 1.54) is 10.6 Å². The summed E-state index contributed by atoms with van der Waals surface area (Å²) >= 11 is 0. The minimum atomic E-state index is -3.20. The van der Waals surface area contributed by atoms with Gasteiger partial charge in [-0.25, -0.2) is 12.7 Å². The first-order valence-corrected chi connectivity index (χ1v) is 7.94. The summed E-state index contributed by atoms with van der Waals surface area (Å²) < 4.78 is 29.2. The molecule has 0 saturated carbocycles. The van der Waals surface area contributed by atoms with Crippen LogP contribution in [0.2, 0.25) is 0 Å². The van der Waals surface area contributed by atoms with Crippen LogP contribution in [0.4, 0.5) is 0 Å². The quantitative estimate of drug-likeness (QED) is 0.756. The molecular weight excluding hydrogens is 256 g/mol. The van der Waals surface area contributed by atoms with Gasteiger partial charge in [-0.1, -0.05) is 0 Å². The molecule has 18 heavy (non-hydrogen) atoms. The zero-order valence-electron chi connectivity index (χ0n) is 11.2. The number of nitrogens with zero attached hydrogens (tertiary/aromatic N) is 1. The molecule has 2 atom stereocenters. The fraction of sp³-hybridized carbons (Fsp3) is 0.909. The second kappa shape index (κ2) is 6.49. The first-order chi connectivity index (χ1) is 8.34. The summed E-state index contributed by atoms with van der Waals surface area (Å²) in [4.78, 5) is 12.0. The average Bonchev–Trinajstić information content (AvgIpc) is 2.28. The minimum absolute atomic E-state index is 0.0592. The van der Waals surface area contributed by atoms with Gasteiger partial charge in [0.1, 0.15) is 0 Å². The Morgan fingerprint density at radius 2 is 2.22 bits per heavy atom. The average molecular weight is 278 g/mol. The third kappa shape index (κ3) is 4.55. The largest absolute Gasteiger partial charge is 0.383 e. The van der Waals surface area contributed by atoms with Gasteiger partial charge in [-0.3, -0.25) is 4.79 Å². The number of rotatable bonds is 5. The van der Waals surface area contributed by atoms with Crippen molar-refractivity contribution in [1.29, 1.82) is 0 Å². The molecule has 6 nitrogen and oxygen atoms in total. The molecular formula is C11H22N2O4S. The van der Waals surface area contributed by atoms with Gasteiger partial charge in [0.15, 0.2) is 0 Å². The highest BCUT2D eigenvalue weighted by molar-refractivity contribution is 7.88. The molecule has 1 aliphatic rings. The summed E-state index contributed by atoms with van der Waals surface area (Å²) in [6.45, 7) is 3.10. The van der Waals surface area contributed by atoms with Gasteiger partial charge in [0.05, 0.1) is 18.8 Å². The maximum Gasteiger partial charge on any atom is 0.224 e. The Morgan fingerprint density at radius 3 is 2.78 bits per heavy atom. The van der Waals surface area contributed by atoms with E-state index in [4.69, 9.17) is 4.74 Å². The normalized spacial score (nSPS) is 23.6. The summed E-state index contributed by atoms with van der Waals surface area (Å²) in [5.41, 5.74) is 0. The molecule has 106 valence electrons. The van der Waals surface area contributed by atoms with Crippen molar-refractivity contribution in [3.8, 4) is 0 Å². The van der Waals surface area contributed by atoms with Gasteiger partial charge < -0.3 is 10.1 Å². The smallest absolute Gasteiger partial charge is 0.224 e. The molecule has 0 aromatic heterocycles. The predicted molar refractivity (Wildman–Crippen MR) is 68.6 cm³/mol. The Labute approximate surface area is 109 Å². The molecule has 1 rings (SSSR count). The van der Waals surface area contributed by atoms with Crippen molar-refractivity contribution in [3.05, 3.63) is 0 Å². The van der Waals surface area contributed by atoms with Crippen LogP contribution in [0.25, 0.3) is 0 Å². The summed E-state index contributed by atoms with van der Waals surface area (Å²) in [5.74, 6) is -0.347. The lowest BCUT2D eigenvalue weighted by Gasteiger charge is -2.30. The van der Waals surface area contributed by atoms with Crippen molar-refractivity contribution in [2.24, 2.45) is 5.92 Å². The number of piperidine rings is 1. The Balaban J connectivity index is 2.53. The number of carbonyl (C=O) groups is 1. The SMILES string of the molecule is COC[C@@H](C)NC(=O)[C@H]1CCCN(S(C)(=O)=O)C1. The van der Waals surface area contributed by atoms with Gasteiger partial charge in [0.25, 0.3) is 0 Å². The van der Waals surface area contributed by atoms with Crippen molar-refractivity contribution < 1.29 is 17.9 Å². The highest BCUT2D eigenvalue weighted by atomic mass is 32.2. The molecule has 0 unspecified atom stereocenters. The maximum absolute atomic E-state index is 12.0. The standard InChI is InChI=1S/C11H22N2O4S/c1-9(8-17-2)12-11(14)10-5-4-6-13(7-10)18(3,15)16/h9-10H,4-8H2,1-3H3,(H,12,14)/t9-,10+/m1/s1. The van der Waals surface area contributed by atoms with E-state index in [1.807, 2.05) is 6.92 Å². The lowest BCUT2D eigenvalue weighted by atomic mass is 9.98. The Bertz CT molecular complexity index is 383. The number of hydrogen-bond acceptors (Lipinski definition) is 4.